The maximum Gasteiger partial charge on any atom is 0.275 e. The molecule has 6 nitrogen and oxygen atoms in total. The number of carbonyl (C=O) groups excluding carboxylic acids is 1. The van der Waals surface area contributed by atoms with E-state index in [-0.39, 0.29) is 11.9 Å². The normalized spacial score (nSPS) is 15.2. The van der Waals surface area contributed by atoms with Gasteiger partial charge >= 0.3 is 0 Å². The SMILES string of the molecule is CC(C)COc1cn(-c2ccccc2)nc1C(=O)NCC(N)C1CC1. The number of hydrogen-bond acceptors (Lipinski definition) is 4. The van der Waals surface area contributed by atoms with Crippen LogP contribution in [0.5, 0.6) is 5.75 Å². The van der Waals surface area contributed by atoms with E-state index in [1.165, 1.54) is 0 Å². The zero-order valence-corrected chi connectivity index (χ0v) is 14.8. The first-order chi connectivity index (χ1) is 12.0. The van der Waals surface area contributed by atoms with Crippen molar-refractivity contribution < 1.29 is 9.53 Å². The maximum absolute atomic E-state index is 12.6. The highest BCUT2D eigenvalue weighted by atomic mass is 16.5. The Bertz CT molecular complexity index is 707. The summed E-state index contributed by atoms with van der Waals surface area (Å²) in [5.74, 6) is 1.15. The van der Waals surface area contributed by atoms with E-state index < -0.39 is 0 Å². The van der Waals surface area contributed by atoms with Gasteiger partial charge in [0, 0.05) is 12.6 Å². The summed E-state index contributed by atoms with van der Waals surface area (Å²) in [6.07, 6.45) is 4.07. The number of amides is 1. The number of benzene rings is 1. The molecule has 1 aliphatic rings. The number of nitrogens with zero attached hydrogens (tertiary/aromatic N) is 2. The number of carbonyl (C=O) groups is 1. The van der Waals surface area contributed by atoms with E-state index in [0.29, 0.717) is 36.4 Å². The van der Waals surface area contributed by atoms with E-state index in [2.05, 4.69) is 24.3 Å². The molecule has 1 aliphatic carbocycles. The number of hydrogen-bond donors (Lipinski definition) is 2. The van der Waals surface area contributed by atoms with Crippen molar-refractivity contribution in [3.8, 4) is 11.4 Å². The molecule has 0 radical (unpaired) electrons. The van der Waals surface area contributed by atoms with Gasteiger partial charge in [0.05, 0.1) is 18.5 Å². The van der Waals surface area contributed by atoms with Crippen LogP contribution in [0.2, 0.25) is 0 Å². The van der Waals surface area contributed by atoms with Gasteiger partial charge in [-0.15, -0.1) is 0 Å². The lowest BCUT2D eigenvalue weighted by Gasteiger charge is -2.12. The summed E-state index contributed by atoms with van der Waals surface area (Å²) in [7, 11) is 0. The second kappa shape index (κ2) is 7.70. The van der Waals surface area contributed by atoms with Crippen molar-refractivity contribution in [2.24, 2.45) is 17.6 Å². The highest BCUT2D eigenvalue weighted by Crippen LogP contribution is 2.31. The van der Waals surface area contributed by atoms with Crippen LogP contribution in [-0.4, -0.2) is 34.9 Å². The lowest BCUT2D eigenvalue weighted by atomic mass is 10.2. The minimum Gasteiger partial charge on any atom is -0.489 e. The molecule has 0 spiro atoms. The molecule has 0 bridgehead atoms. The molecule has 1 aromatic heterocycles. The summed E-state index contributed by atoms with van der Waals surface area (Å²) in [6, 6.07) is 9.68. The highest BCUT2D eigenvalue weighted by Gasteiger charge is 2.29. The lowest BCUT2D eigenvalue weighted by Crippen LogP contribution is -2.38. The van der Waals surface area contributed by atoms with Crippen molar-refractivity contribution in [3.63, 3.8) is 0 Å². The predicted molar refractivity (Wildman–Crippen MR) is 96.9 cm³/mol. The zero-order chi connectivity index (χ0) is 17.8. The average molecular weight is 342 g/mol. The fourth-order valence-electron chi connectivity index (χ4n) is 2.58. The quantitative estimate of drug-likeness (QED) is 0.772. The Morgan fingerprint density at radius 2 is 2.08 bits per heavy atom. The molecule has 1 unspecified atom stereocenters. The molecule has 1 atom stereocenters. The van der Waals surface area contributed by atoms with Gasteiger partial charge in [0.2, 0.25) is 0 Å². The first-order valence-electron chi connectivity index (χ1n) is 8.86. The van der Waals surface area contributed by atoms with Gasteiger partial charge < -0.3 is 15.8 Å². The molecule has 3 rings (SSSR count). The van der Waals surface area contributed by atoms with Gasteiger partial charge in [-0.05, 0) is 36.8 Å². The zero-order valence-electron chi connectivity index (χ0n) is 14.8. The molecule has 1 fully saturated rings. The van der Waals surface area contributed by atoms with Crippen LogP contribution >= 0.6 is 0 Å². The van der Waals surface area contributed by atoms with E-state index in [1.807, 2.05) is 30.3 Å². The van der Waals surface area contributed by atoms with Gasteiger partial charge in [-0.25, -0.2) is 4.68 Å². The fraction of sp³-hybridized carbons (Fsp3) is 0.474. The number of nitrogens with one attached hydrogen (secondary N) is 1. The number of para-hydroxylation sites is 1. The number of nitrogens with two attached hydrogens (primary N) is 1. The molecule has 2 aromatic rings. The predicted octanol–water partition coefficient (Wildman–Crippen LogP) is 2.37. The van der Waals surface area contributed by atoms with E-state index in [1.54, 1.807) is 10.9 Å². The van der Waals surface area contributed by atoms with Crippen LogP contribution in [0.15, 0.2) is 36.5 Å². The van der Waals surface area contributed by atoms with Crippen LogP contribution in [-0.2, 0) is 0 Å². The highest BCUT2D eigenvalue weighted by molar-refractivity contribution is 5.95. The van der Waals surface area contributed by atoms with Gasteiger partial charge in [-0.1, -0.05) is 32.0 Å². The van der Waals surface area contributed by atoms with E-state index in [0.717, 1.165) is 18.5 Å². The Morgan fingerprint density at radius 1 is 1.36 bits per heavy atom. The van der Waals surface area contributed by atoms with Crippen LogP contribution in [0.25, 0.3) is 5.69 Å². The topological polar surface area (TPSA) is 82.2 Å². The third-order valence-corrected chi connectivity index (χ3v) is 4.21. The van der Waals surface area contributed by atoms with Gasteiger partial charge in [0.1, 0.15) is 0 Å². The van der Waals surface area contributed by atoms with Gasteiger partial charge in [0.15, 0.2) is 11.4 Å². The standard InChI is InChI=1S/C19H26N4O2/c1-13(2)12-25-17-11-23(15-6-4-3-5-7-15)22-18(17)19(24)21-10-16(20)14-8-9-14/h3-7,11,13-14,16H,8-10,12,20H2,1-2H3,(H,21,24). The van der Waals surface area contributed by atoms with Gasteiger partial charge in [-0.3, -0.25) is 4.79 Å². The minimum absolute atomic E-state index is 0.0141. The molecular formula is C19H26N4O2. The van der Waals surface area contributed by atoms with Crippen LogP contribution in [0, 0.1) is 11.8 Å². The third kappa shape index (κ3) is 4.60. The molecule has 1 amide bonds. The van der Waals surface area contributed by atoms with Gasteiger partial charge in [0.25, 0.3) is 5.91 Å². The Hall–Kier alpha value is -2.34. The van der Waals surface area contributed by atoms with Crippen LogP contribution in [0.4, 0.5) is 0 Å². The molecule has 25 heavy (non-hydrogen) atoms. The molecular weight excluding hydrogens is 316 g/mol. The number of ether oxygens (including phenoxy) is 1. The van der Waals surface area contributed by atoms with Crippen LogP contribution < -0.4 is 15.8 Å². The van der Waals surface area contributed by atoms with Crippen LogP contribution in [0.1, 0.15) is 37.2 Å². The largest absolute Gasteiger partial charge is 0.489 e. The number of rotatable bonds is 8. The Morgan fingerprint density at radius 3 is 2.72 bits per heavy atom. The molecule has 1 saturated carbocycles. The molecule has 1 heterocycles. The third-order valence-electron chi connectivity index (χ3n) is 4.21. The van der Waals surface area contributed by atoms with Crippen molar-refractivity contribution >= 4 is 5.91 Å². The Kier molecular flexibility index (Phi) is 5.38. The van der Waals surface area contributed by atoms with Crippen molar-refractivity contribution in [2.45, 2.75) is 32.7 Å². The van der Waals surface area contributed by atoms with Crippen molar-refractivity contribution in [1.82, 2.24) is 15.1 Å². The summed E-state index contributed by atoms with van der Waals surface area (Å²) in [6.45, 7) is 5.12. The summed E-state index contributed by atoms with van der Waals surface area (Å²) >= 11 is 0. The van der Waals surface area contributed by atoms with Crippen molar-refractivity contribution in [2.75, 3.05) is 13.2 Å². The molecule has 0 aliphatic heterocycles. The van der Waals surface area contributed by atoms with E-state index in [4.69, 9.17) is 10.5 Å². The summed E-state index contributed by atoms with van der Waals surface area (Å²) < 4.78 is 7.49. The Labute approximate surface area is 148 Å². The first-order valence-corrected chi connectivity index (χ1v) is 8.86. The van der Waals surface area contributed by atoms with Gasteiger partial charge in [-0.2, -0.15) is 5.10 Å². The summed E-state index contributed by atoms with van der Waals surface area (Å²) in [4.78, 5) is 12.6. The lowest BCUT2D eigenvalue weighted by molar-refractivity contribution is 0.0940. The summed E-state index contributed by atoms with van der Waals surface area (Å²) in [5, 5.41) is 7.33. The van der Waals surface area contributed by atoms with Crippen molar-refractivity contribution in [3.05, 3.63) is 42.2 Å². The monoisotopic (exact) mass is 342 g/mol. The molecule has 3 N–H and O–H groups in total. The maximum atomic E-state index is 12.6. The van der Waals surface area contributed by atoms with Crippen LogP contribution in [0.3, 0.4) is 0 Å². The fourth-order valence-corrected chi connectivity index (χ4v) is 2.58. The van der Waals surface area contributed by atoms with Crippen molar-refractivity contribution in [1.29, 1.82) is 0 Å². The molecule has 6 heteroatoms. The second-order valence-electron chi connectivity index (χ2n) is 7.04. The van der Waals surface area contributed by atoms with E-state index in [9.17, 15) is 4.79 Å². The molecule has 134 valence electrons. The average Bonchev–Trinajstić information content (AvgIpc) is 3.38. The van der Waals surface area contributed by atoms with E-state index >= 15 is 0 Å². The minimum atomic E-state index is -0.246. The molecule has 1 aromatic carbocycles. The Balaban J connectivity index is 1.76. The second-order valence-corrected chi connectivity index (χ2v) is 7.04. The molecule has 0 saturated heterocycles. The smallest absolute Gasteiger partial charge is 0.275 e. The summed E-state index contributed by atoms with van der Waals surface area (Å²) in [5.41, 5.74) is 7.25. The first kappa shape index (κ1) is 17.5. The number of aromatic nitrogens is 2.